The first-order valence-corrected chi connectivity index (χ1v) is 8.18. The van der Waals surface area contributed by atoms with Crippen LogP contribution in [0.5, 0.6) is 0 Å². The highest BCUT2D eigenvalue weighted by atomic mass is 15.2. The summed E-state index contributed by atoms with van der Waals surface area (Å²) >= 11 is 0. The molecule has 6 heteroatoms. The van der Waals surface area contributed by atoms with E-state index in [2.05, 4.69) is 56.4 Å². The fourth-order valence-electron chi connectivity index (χ4n) is 2.76. The SMILES string of the molecule is CN1CCN(Cc2ccc(CNc3nccnc3C#N)cc2)CC1. The van der Waals surface area contributed by atoms with E-state index >= 15 is 0 Å². The number of nitrogens with one attached hydrogen (secondary N) is 1. The molecule has 0 bridgehead atoms. The largest absolute Gasteiger partial charge is 0.364 e. The van der Waals surface area contributed by atoms with Crippen LogP contribution >= 0.6 is 0 Å². The number of benzene rings is 1. The molecule has 0 atom stereocenters. The van der Waals surface area contributed by atoms with Crippen LogP contribution in [0.3, 0.4) is 0 Å². The Hall–Kier alpha value is -2.49. The van der Waals surface area contributed by atoms with Crippen LogP contribution in [0.15, 0.2) is 36.7 Å². The van der Waals surface area contributed by atoms with Gasteiger partial charge in [0.1, 0.15) is 6.07 Å². The highest BCUT2D eigenvalue weighted by Gasteiger charge is 2.13. The molecule has 1 aliphatic rings. The average Bonchev–Trinajstić information content (AvgIpc) is 2.63. The van der Waals surface area contributed by atoms with Crippen LogP contribution in [-0.4, -0.2) is 53.0 Å². The van der Waals surface area contributed by atoms with Gasteiger partial charge in [0.25, 0.3) is 0 Å². The molecule has 3 rings (SSSR count). The molecule has 124 valence electrons. The lowest BCUT2D eigenvalue weighted by Gasteiger charge is -2.32. The summed E-state index contributed by atoms with van der Waals surface area (Å²) in [5.74, 6) is 0.529. The monoisotopic (exact) mass is 322 g/mol. The van der Waals surface area contributed by atoms with Gasteiger partial charge in [0.2, 0.25) is 0 Å². The Balaban J connectivity index is 1.54. The molecule has 1 aliphatic heterocycles. The Morgan fingerprint density at radius 3 is 2.42 bits per heavy atom. The van der Waals surface area contributed by atoms with Gasteiger partial charge in [0, 0.05) is 51.7 Å². The van der Waals surface area contributed by atoms with E-state index in [4.69, 9.17) is 5.26 Å². The molecule has 1 saturated heterocycles. The molecule has 1 aromatic heterocycles. The van der Waals surface area contributed by atoms with E-state index in [1.165, 1.54) is 11.8 Å². The fourth-order valence-corrected chi connectivity index (χ4v) is 2.76. The van der Waals surface area contributed by atoms with E-state index in [0.717, 1.165) is 38.3 Å². The van der Waals surface area contributed by atoms with Gasteiger partial charge in [-0.25, -0.2) is 9.97 Å². The van der Waals surface area contributed by atoms with Crippen LogP contribution in [0, 0.1) is 11.3 Å². The van der Waals surface area contributed by atoms with Crippen molar-refractivity contribution in [1.29, 1.82) is 5.26 Å². The predicted molar refractivity (Wildman–Crippen MR) is 93.3 cm³/mol. The highest BCUT2D eigenvalue weighted by Crippen LogP contribution is 2.12. The summed E-state index contributed by atoms with van der Waals surface area (Å²) in [4.78, 5) is 13.0. The predicted octanol–water partition coefficient (Wildman–Crippen LogP) is 1.71. The number of anilines is 1. The molecule has 0 aliphatic carbocycles. The minimum absolute atomic E-state index is 0.323. The summed E-state index contributed by atoms with van der Waals surface area (Å²) in [6, 6.07) is 10.7. The maximum Gasteiger partial charge on any atom is 0.182 e. The number of hydrogen-bond acceptors (Lipinski definition) is 6. The van der Waals surface area contributed by atoms with Crippen LogP contribution in [0.25, 0.3) is 0 Å². The van der Waals surface area contributed by atoms with Crippen LogP contribution in [0.1, 0.15) is 16.8 Å². The fraction of sp³-hybridized carbons (Fsp3) is 0.389. The standard InChI is InChI=1S/C18H22N6/c1-23-8-10-24(11-9-23)14-16-4-2-15(3-5-16)13-22-18-17(12-19)20-6-7-21-18/h2-7H,8-11,13-14H2,1H3,(H,21,22). The van der Waals surface area contributed by atoms with E-state index in [0.29, 0.717) is 18.1 Å². The van der Waals surface area contributed by atoms with Gasteiger partial charge in [0.15, 0.2) is 11.5 Å². The van der Waals surface area contributed by atoms with Gasteiger partial charge in [0.05, 0.1) is 0 Å². The Labute approximate surface area is 142 Å². The first-order valence-electron chi connectivity index (χ1n) is 8.18. The molecular formula is C18H22N6. The van der Waals surface area contributed by atoms with Gasteiger partial charge < -0.3 is 10.2 Å². The molecule has 2 aromatic rings. The summed E-state index contributed by atoms with van der Waals surface area (Å²) in [6.45, 7) is 6.17. The minimum atomic E-state index is 0.323. The maximum absolute atomic E-state index is 9.02. The molecule has 0 saturated carbocycles. The third-order valence-corrected chi connectivity index (χ3v) is 4.29. The van der Waals surface area contributed by atoms with Gasteiger partial charge in [-0.05, 0) is 18.2 Å². The summed E-state index contributed by atoms with van der Waals surface area (Å²) in [7, 11) is 2.17. The Morgan fingerprint density at radius 2 is 1.71 bits per heavy atom. The number of nitrogens with zero attached hydrogens (tertiary/aromatic N) is 5. The van der Waals surface area contributed by atoms with Gasteiger partial charge in [-0.3, -0.25) is 4.90 Å². The van der Waals surface area contributed by atoms with Crippen molar-refractivity contribution in [3.8, 4) is 6.07 Å². The van der Waals surface area contributed by atoms with Crippen molar-refractivity contribution in [2.24, 2.45) is 0 Å². The number of aromatic nitrogens is 2. The van der Waals surface area contributed by atoms with Crippen molar-refractivity contribution in [1.82, 2.24) is 19.8 Å². The van der Waals surface area contributed by atoms with Crippen LogP contribution < -0.4 is 5.32 Å². The highest BCUT2D eigenvalue weighted by molar-refractivity contribution is 5.47. The number of nitriles is 1. The van der Waals surface area contributed by atoms with E-state index in [-0.39, 0.29) is 0 Å². The molecule has 0 spiro atoms. The lowest BCUT2D eigenvalue weighted by atomic mass is 10.1. The first-order chi connectivity index (χ1) is 11.7. The molecule has 1 fully saturated rings. The molecule has 1 aromatic carbocycles. The molecule has 1 N–H and O–H groups in total. The molecular weight excluding hydrogens is 300 g/mol. The second-order valence-corrected chi connectivity index (χ2v) is 6.11. The molecule has 24 heavy (non-hydrogen) atoms. The van der Waals surface area contributed by atoms with Gasteiger partial charge >= 0.3 is 0 Å². The molecule has 2 heterocycles. The van der Waals surface area contributed by atoms with Crippen molar-refractivity contribution >= 4 is 5.82 Å². The summed E-state index contributed by atoms with van der Waals surface area (Å²) in [6.07, 6.45) is 3.11. The molecule has 0 radical (unpaired) electrons. The normalized spacial score (nSPS) is 15.8. The van der Waals surface area contributed by atoms with Crippen molar-refractivity contribution in [3.05, 3.63) is 53.5 Å². The van der Waals surface area contributed by atoms with Crippen molar-refractivity contribution < 1.29 is 0 Å². The van der Waals surface area contributed by atoms with Crippen molar-refractivity contribution in [3.63, 3.8) is 0 Å². The average molecular weight is 322 g/mol. The van der Waals surface area contributed by atoms with Crippen LogP contribution in [-0.2, 0) is 13.1 Å². The summed E-state index contributed by atoms with van der Waals surface area (Å²) < 4.78 is 0. The number of rotatable bonds is 5. The Bertz CT molecular complexity index is 698. The zero-order valence-electron chi connectivity index (χ0n) is 13.9. The van der Waals surface area contributed by atoms with E-state index in [1.807, 2.05) is 6.07 Å². The van der Waals surface area contributed by atoms with Gasteiger partial charge in [-0.15, -0.1) is 0 Å². The topological polar surface area (TPSA) is 68.1 Å². The number of hydrogen-bond donors (Lipinski definition) is 1. The lowest BCUT2D eigenvalue weighted by Crippen LogP contribution is -2.43. The second kappa shape index (κ2) is 7.86. The Kier molecular flexibility index (Phi) is 5.36. The lowest BCUT2D eigenvalue weighted by molar-refractivity contribution is 0.148. The van der Waals surface area contributed by atoms with E-state index in [1.54, 1.807) is 6.20 Å². The van der Waals surface area contributed by atoms with Gasteiger partial charge in [-0.1, -0.05) is 24.3 Å². The van der Waals surface area contributed by atoms with Crippen molar-refractivity contribution in [2.45, 2.75) is 13.1 Å². The van der Waals surface area contributed by atoms with Crippen LogP contribution in [0.2, 0.25) is 0 Å². The van der Waals surface area contributed by atoms with Crippen LogP contribution in [0.4, 0.5) is 5.82 Å². The maximum atomic E-state index is 9.02. The quantitative estimate of drug-likeness (QED) is 0.904. The minimum Gasteiger partial charge on any atom is -0.364 e. The number of piperazine rings is 1. The molecule has 0 amide bonds. The Morgan fingerprint density at radius 1 is 1.04 bits per heavy atom. The third-order valence-electron chi connectivity index (χ3n) is 4.29. The first kappa shape index (κ1) is 16.4. The molecule has 0 unspecified atom stereocenters. The van der Waals surface area contributed by atoms with E-state index in [9.17, 15) is 0 Å². The van der Waals surface area contributed by atoms with Crippen molar-refractivity contribution in [2.75, 3.05) is 38.5 Å². The third kappa shape index (κ3) is 4.28. The zero-order valence-corrected chi connectivity index (χ0v) is 13.9. The number of likely N-dealkylation sites (N-methyl/N-ethyl adjacent to an activating group) is 1. The van der Waals surface area contributed by atoms with Gasteiger partial charge in [-0.2, -0.15) is 5.26 Å². The summed E-state index contributed by atoms with van der Waals surface area (Å²) in [5.41, 5.74) is 2.82. The summed E-state index contributed by atoms with van der Waals surface area (Å²) in [5, 5.41) is 12.2. The smallest absolute Gasteiger partial charge is 0.182 e. The zero-order chi connectivity index (χ0) is 16.8. The van der Waals surface area contributed by atoms with E-state index < -0.39 is 0 Å². The molecule has 6 nitrogen and oxygen atoms in total. The second-order valence-electron chi connectivity index (χ2n) is 6.11.